The first-order valence-corrected chi connectivity index (χ1v) is 7.84. The first-order chi connectivity index (χ1) is 10.2. The molecular formula is C14H26N6O. The second-order valence-electron chi connectivity index (χ2n) is 5.20. The molecule has 7 heteroatoms. The molecule has 0 amide bonds. The molecule has 21 heavy (non-hydrogen) atoms. The van der Waals surface area contributed by atoms with E-state index < -0.39 is 0 Å². The Morgan fingerprint density at radius 1 is 1.10 bits per heavy atom. The Balaban J connectivity index is 1.90. The van der Waals surface area contributed by atoms with Gasteiger partial charge in [0.15, 0.2) is 0 Å². The van der Waals surface area contributed by atoms with Gasteiger partial charge in [0.1, 0.15) is 6.61 Å². The third-order valence-corrected chi connectivity index (χ3v) is 3.75. The normalized spacial score (nSPS) is 15.9. The lowest BCUT2D eigenvalue weighted by atomic mass is 10.1. The standard InChI is InChI=1S/C14H26N6O/c1-3-20(4-2)13-16-12(15)17-14(18-13)21-11-10-19-8-6-5-7-9-19/h3-11H2,1-2H3,(H2,15,16,17,18). The number of nitrogens with two attached hydrogens (primary N) is 1. The fourth-order valence-electron chi connectivity index (χ4n) is 2.52. The van der Waals surface area contributed by atoms with E-state index in [0.29, 0.717) is 18.6 Å². The Morgan fingerprint density at radius 3 is 2.48 bits per heavy atom. The third-order valence-electron chi connectivity index (χ3n) is 3.75. The monoisotopic (exact) mass is 294 g/mol. The minimum Gasteiger partial charge on any atom is -0.462 e. The number of likely N-dealkylation sites (tertiary alicyclic amines) is 1. The van der Waals surface area contributed by atoms with E-state index in [9.17, 15) is 0 Å². The van der Waals surface area contributed by atoms with Crippen molar-refractivity contribution in [1.82, 2.24) is 19.9 Å². The zero-order valence-electron chi connectivity index (χ0n) is 13.1. The highest BCUT2D eigenvalue weighted by molar-refractivity contribution is 5.35. The van der Waals surface area contributed by atoms with Gasteiger partial charge in [-0.2, -0.15) is 15.0 Å². The minimum absolute atomic E-state index is 0.208. The zero-order chi connectivity index (χ0) is 15.1. The van der Waals surface area contributed by atoms with E-state index in [1.54, 1.807) is 0 Å². The molecule has 2 rings (SSSR count). The lowest BCUT2D eigenvalue weighted by Gasteiger charge is -2.26. The number of rotatable bonds is 7. The molecule has 1 fully saturated rings. The van der Waals surface area contributed by atoms with Crippen molar-refractivity contribution in [2.45, 2.75) is 33.1 Å². The average Bonchev–Trinajstić information content (AvgIpc) is 2.49. The van der Waals surface area contributed by atoms with Crippen LogP contribution in [0.25, 0.3) is 0 Å². The molecule has 0 aliphatic carbocycles. The molecule has 1 aromatic heterocycles. The molecule has 2 heterocycles. The maximum Gasteiger partial charge on any atom is 0.323 e. The van der Waals surface area contributed by atoms with Gasteiger partial charge in [-0.15, -0.1) is 0 Å². The van der Waals surface area contributed by atoms with Crippen LogP contribution in [0.3, 0.4) is 0 Å². The van der Waals surface area contributed by atoms with Crippen LogP contribution in [0, 0.1) is 0 Å². The van der Waals surface area contributed by atoms with Crippen molar-refractivity contribution in [3.05, 3.63) is 0 Å². The summed E-state index contributed by atoms with van der Waals surface area (Å²) in [5, 5.41) is 0. The van der Waals surface area contributed by atoms with E-state index in [4.69, 9.17) is 10.5 Å². The fourth-order valence-corrected chi connectivity index (χ4v) is 2.52. The smallest absolute Gasteiger partial charge is 0.323 e. The lowest BCUT2D eigenvalue weighted by molar-refractivity contribution is 0.177. The number of piperidine rings is 1. The Labute approximate surface area is 126 Å². The number of anilines is 2. The molecule has 7 nitrogen and oxygen atoms in total. The number of hydrogen-bond donors (Lipinski definition) is 1. The maximum atomic E-state index is 5.74. The lowest BCUT2D eigenvalue weighted by Crippen LogP contribution is -2.33. The number of nitrogens with zero attached hydrogens (tertiary/aromatic N) is 5. The molecule has 0 spiro atoms. The van der Waals surface area contributed by atoms with Gasteiger partial charge >= 0.3 is 6.01 Å². The Kier molecular flexibility index (Phi) is 5.98. The molecule has 118 valence electrons. The summed E-state index contributed by atoms with van der Waals surface area (Å²) in [7, 11) is 0. The van der Waals surface area contributed by atoms with Crippen molar-refractivity contribution in [3.8, 4) is 6.01 Å². The second kappa shape index (κ2) is 7.97. The second-order valence-corrected chi connectivity index (χ2v) is 5.20. The summed E-state index contributed by atoms with van der Waals surface area (Å²) >= 11 is 0. The van der Waals surface area contributed by atoms with Crippen LogP contribution in [-0.2, 0) is 0 Å². The average molecular weight is 294 g/mol. The molecule has 2 N–H and O–H groups in total. The van der Waals surface area contributed by atoms with Crippen LogP contribution in [0.15, 0.2) is 0 Å². The van der Waals surface area contributed by atoms with Gasteiger partial charge in [-0.3, -0.25) is 4.90 Å². The van der Waals surface area contributed by atoms with E-state index in [2.05, 4.69) is 33.7 Å². The maximum absolute atomic E-state index is 5.74. The van der Waals surface area contributed by atoms with Crippen LogP contribution < -0.4 is 15.4 Å². The van der Waals surface area contributed by atoms with Gasteiger partial charge in [0, 0.05) is 19.6 Å². The summed E-state index contributed by atoms with van der Waals surface area (Å²) in [6.07, 6.45) is 3.91. The largest absolute Gasteiger partial charge is 0.462 e. The van der Waals surface area contributed by atoms with Gasteiger partial charge in [-0.1, -0.05) is 6.42 Å². The van der Waals surface area contributed by atoms with Gasteiger partial charge in [0.2, 0.25) is 11.9 Å². The number of aromatic nitrogens is 3. The highest BCUT2D eigenvalue weighted by Crippen LogP contribution is 2.13. The van der Waals surface area contributed by atoms with Crippen molar-refractivity contribution in [2.24, 2.45) is 0 Å². The summed E-state index contributed by atoms with van der Waals surface area (Å²) < 4.78 is 5.66. The number of hydrogen-bond acceptors (Lipinski definition) is 7. The van der Waals surface area contributed by atoms with Crippen molar-refractivity contribution in [2.75, 3.05) is 50.0 Å². The molecule has 1 saturated heterocycles. The number of ether oxygens (including phenoxy) is 1. The van der Waals surface area contributed by atoms with Crippen LogP contribution in [0.1, 0.15) is 33.1 Å². The summed E-state index contributed by atoms with van der Waals surface area (Å²) in [5.74, 6) is 0.792. The first kappa shape index (κ1) is 15.8. The fraction of sp³-hybridized carbons (Fsp3) is 0.786. The van der Waals surface area contributed by atoms with E-state index in [-0.39, 0.29) is 5.95 Å². The van der Waals surface area contributed by atoms with Crippen LogP contribution in [0.4, 0.5) is 11.9 Å². The van der Waals surface area contributed by atoms with Crippen molar-refractivity contribution >= 4 is 11.9 Å². The molecule has 1 aliphatic rings. The molecule has 0 aromatic carbocycles. The van der Waals surface area contributed by atoms with E-state index in [1.165, 1.54) is 19.3 Å². The Hall–Kier alpha value is -1.63. The summed E-state index contributed by atoms with van der Waals surface area (Å²) in [5.41, 5.74) is 5.74. The van der Waals surface area contributed by atoms with E-state index >= 15 is 0 Å². The van der Waals surface area contributed by atoms with Crippen LogP contribution in [0.5, 0.6) is 6.01 Å². The van der Waals surface area contributed by atoms with Crippen LogP contribution in [0.2, 0.25) is 0 Å². The van der Waals surface area contributed by atoms with E-state index in [1.807, 2.05) is 4.90 Å². The summed E-state index contributed by atoms with van der Waals surface area (Å²) in [6.45, 7) is 9.58. The molecule has 0 saturated carbocycles. The topological polar surface area (TPSA) is 80.4 Å². The molecule has 0 radical (unpaired) electrons. The van der Waals surface area contributed by atoms with E-state index in [0.717, 1.165) is 32.7 Å². The molecule has 0 unspecified atom stereocenters. The van der Waals surface area contributed by atoms with Gasteiger partial charge in [0.25, 0.3) is 0 Å². The Bertz CT molecular complexity index is 431. The molecule has 1 aromatic rings. The predicted molar refractivity (Wildman–Crippen MR) is 83.6 cm³/mol. The zero-order valence-corrected chi connectivity index (χ0v) is 13.1. The Morgan fingerprint density at radius 2 is 1.81 bits per heavy atom. The molecule has 0 bridgehead atoms. The molecule has 0 atom stereocenters. The van der Waals surface area contributed by atoms with Crippen molar-refractivity contribution in [1.29, 1.82) is 0 Å². The van der Waals surface area contributed by atoms with Crippen molar-refractivity contribution < 1.29 is 4.74 Å². The molecular weight excluding hydrogens is 268 g/mol. The number of nitrogen functional groups attached to an aromatic ring is 1. The SMILES string of the molecule is CCN(CC)c1nc(N)nc(OCCN2CCCCC2)n1. The van der Waals surface area contributed by atoms with Crippen molar-refractivity contribution in [3.63, 3.8) is 0 Å². The van der Waals surface area contributed by atoms with Gasteiger partial charge in [-0.25, -0.2) is 0 Å². The van der Waals surface area contributed by atoms with Crippen LogP contribution in [-0.4, -0.2) is 59.2 Å². The highest BCUT2D eigenvalue weighted by Gasteiger charge is 2.12. The van der Waals surface area contributed by atoms with Gasteiger partial charge < -0.3 is 15.4 Å². The highest BCUT2D eigenvalue weighted by atomic mass is 16.5. The third kappa shape index (κ3) is 4.70. The first-order valence-electron chi connectivity index (χ1n) is 7.84. The molecule has 1 aliphatic heterocycles. The van der Waals surface area contributed by atoms with Gasteiger partial charge in [0.05, 0.1) is 0 Å². The quantitative estimate of drug-likeness (QED) is 0.808. The predicted octanol–water partition coefficient (Wildman–Crippen LogP) is 1.16. The van der Waals surface area contributed by atoms with Crippen LogP contribution >= 0.6 is 0 Å². The summed E-state index contributed by atoms with van der Waals surface area (Å²) in [6, 6.07) is 0.321. The minimum atomic E-state index is 0.208. The van der Waals surface area contributed by atoms with Gasteiger partial charge in [-0.05, 0) is 39.8 Å². The summed E-state index contributed by atoms with van der Waals surface area (Å²) in [4.78, 5) is 17.0.